The molecule has 0 bridgehead atoms. The van der Waals surface area contributed by atoms with Gasteiger partial charge < -0.3 is 9.57 Å². The molecule has 0 N–H and O–H groups in total. The SMILES string of the molecule is CCCCOn1nc(C)c(C(=O)OCC)c1C. The minimum absolute atomic E-state index is 0.340. The van der Waals surface area contributed by atoms with Crippen LogP contribution in [0.4, 0.5) is 0 Å². The molecule has 0 amide bonds. The van der Waals surface area contributed by atoms with E-state index in [-0.39, 0.29) is 5.97 Å². The van der Waals surface area contributed by atoms with Crippen LogP contribution in [0.25, 0.3) is 0 Å². The highest BCUT2D eigenvalue weighted by atomic mass is 16.7. The van der Waals surface area contributed by atoms with Crippen molar-refractivity contribution in [2.45, 2.75) is 40.5 Å². The molecule has 96 valence electrons. The third-order valence-electron chi connectivity index (χ3n) is 2.44. The van der Waals surface area contributed by atoms with Crippen molar-refractivity contribution >= 4 is 5.97 Å². The highest BCUT2D eigenvalue weighted by Crippen LogP contribution is 2.13. The maximum absolute atomic E-state index is 11.7. The van der Waals surface area contributed by atoms with Crippen molar-refractivity contribution < 1.29 is 14.4 Å². The van der Waals surface area contributed by atoms with Gasteiger partial charge in [-0.25, -0.2) is 4.79 Å². The van der Waals surface area contributed by atoms with Gasteiger partial charge in [0.05, 0.1) is 18.0 Å². The fraction of sp³-hybridized carbons (Fsp3) is 0.667. The fourth-order valence-electron chi connectivity index (χ4n) is 1.54. The second-order valence-electron chi connectivity index (χ2n) is 3.83. The zero-order valence-corrected chi connectivity index (χ0v) is 10.9. The van der Waals surface area contributed by atoms with E-state index in [4.69, 9.17) is 9.57 Å². The van der Waals surface area contributed by atoms with E-state index in [9.17, 15) is 4.79 Å². The predicted octanol–water partition coefficient (Wildman–Crippen LogP) is 1.91. The molecular weight excluding hydrogens is 220 g/mol. The van der Waals surface area contributed by atoms with Gasteiger partial charge in [0, 0.05) is 0 Å². The fourth-order valence-corrected chi connectivity index (χ4v) is 1.54. The molecule has 0 fully saturated rings. The number of aromatic nitrogens is 2. The molecule has 1 rings (SSSR count). The van der Waals surface area contributed by atoms with Crippen LogP contribution in [0.2, 0.25) is 0 Å². The molecule has 1 aromatic heterocycles. The molecule has 0 saturated heterocycles. The smallest absolute Gasteiger partial charge is 0.342 e. The second kappa shape index (κ2) is 6.27. The van der Waals surface area contributed by atoms with Gasteiger partial charge in [-0.15, -0.1) is 9.94 Å². The summed E-state index contributed by atoms with van der Waals surface area (Å²) in [5.74, 6) is -0.340. The maximum atomic E-state index is 11.7. The Kier molecular flexibility index (Phi) is 5.00. The van der Waals surface area contributed by atoms with Crippen molar-refractivity contribution in [3.63, 3.8) is 0 Å². The van der Waals surface area contributed by atoms with E-state index in [2.05, 4.69) is 12.0 Å². The van der Waals surface area contributed by atoms with Gasteiger partial charge in [0.15, 0.2) is 0 Å². The summed E-state index contributed by atoms with van der Waals surface area (Å²) in [6.45, 7) is 8.41. The van der Waals surface area contributed by atoms with Gasteiger partial charge in [-0.2, -0.15) is 0 Å². The van der Waals surface area contributed by atoms with Gasteiger partial charge >= 0.3 is 5.97 Å². The lowest BCUT2D eigenvalue weighted by molar-refractivity contribution is 0.0516. The molecule has 1 aromatic rings. The first-order valence-electron chi connectivity index (χ1n) is 5.98. The van der Waals surface area contributed by atoms with Crippen LogP contribution in [-0.2, 0) is 4.74 Å². The van der Waals surface area contributed by atoms with Crippen LogP contribution in [0.15, 0.2) is 0 Å². The number of hydrogen-bond donors (Lipinski definition) is 0. The predicted molar refractivity (Wildman–Crippen MR) is 64.0 cm³/mol. The summed E-state index contributed by atoms with van der Waals surface area (Å²) < 4.78 is 4.98. The molecule has 0 radical (unpaired) electrons. The molecule has 0 aliphatic rings. The van der Waals surface area contributed by atoms with Crippen molar-refractivity contribution in [3.05, 3.63) is 17.0 Å². The highest BCUT2D eigenvalue weighted by Gasteiger charge is 2.20. The molecular formula is C12H20N2O3. The number of aryl methyl sites for hydroxylation is 1. The number of esters is 1. The minimum atomic E-state index is -0.340. The Balaban J connectivity index is 2.82. The molecule has 5 heteroatoms. The van der Waals surface area contributed by atoms with Crippen molar-refractivity contribution in [1.29, 1.82) is 0 Å². The molecule has 0 atom stereocenters. The minimum Gasteiger partial charge on any atom is -0.462 e. The normalized spacial score (nSPS) is 10.4. The first kappa shape index (κ1) is 13.5. The Labute approximate surface area is 102 Å². The molecule has 5 nitrogen and oxygen atoms in total. The van der Waals surface area contributed by atoms with Gasteiger partial charge in [-0.05, 0) is 27.2 Å². The number of carbonyl (C=O) groups excluding carboxylic acids is 1. The van der Waals surface area contributed by atoms with Gasteiger partial charge in [-0.1, -0.05) is 13.3 Å². The van der Waals surface area contributed by atoms with Crippen LogP contribution in [-0.4, -0.2) is 29.1 Å². The number of rotatable bonds is 6. The molecule has 0 saturated carbocycles. The third-order valence-corrected chi connectivity index (χ3v) is 2.44. The number of ether oxygens (including phenoxy) is 1. The van der Waals surface area contributed by atoms with E-state index in [1.54, 1.807) is 20.8 Å². The summed E-state index contributed by atoms with van der Waals surface area (Å²) in [6, 6.07) is 0. The molecule has 17 heavy (non-hydrogen) atoms. The summed E-state index contributed by atoms with van der Waals surface area (Å²) in [5.41, 5.74) is 1.83. The molecule has 0 aliphatic carbocycles. The summed E-state index contributed by atoms with van der Waals surface area (Å²) in [5, 5.41) is 4.18. The highest BCUT2D eigenvalue weighted by molar-refractivity contribution is 5.91. The Hall–Kier alpha value is -1.52. The lowest BCUT2D eigenvalue weighted by atomic mass is 10.2. The van der Waals surface area contributed by atoms with E-state index >= 15 is 0 Å². The first-order chi connectivity index (χ1) is 8.11. The van der Waals surface area contributed by atoms with E-state index in [1.807, 2.05) is 0 Å². The Morgan fingerprint density at radius 1 is 1.35 bits per heavy atom. The third kappa shape index (κ3) is 3.22. The van der Waals surface area contributed by atoms with E-state index in [0.717, 1.165) is 12.8 Å². The number of unbranched alkanes of at least 4 members (excludes halogenated alkanes) is 1. The largest absolute Gasteiger partial charge is 0.462 e. The van der Waals surface area contributed by atoms with Crippen molar-refractivity contribution in [2.75, 3.05) is 13.2 Å². The standard InChI is InChI=1S/C12H20N2O3/c1-5-7-8-17-14-10(4)11(9(3)13-14)12(15)16-6-2/h5-8H2,1-4H3. The van der Waals surface area contributed by atoms with Gasteiger partial charge in [0.25, 0.3) is 0 Å². The lowest BCUT2D eigenvalue weighted by Gasteiger charge is -2.06. The number of nitrogens with zero attached hydrogens (tertiary/aromatic N) is 2. The monoisotopic (exact) mass is 240 g/mol. The van der Waals surface area contributed by atoms with Gasteiger partial charge in [-0.3, -0.25) is 0 Å². The zero-order chi connectivity index (χ0) is 12.8. The Morgan fingerprint density at radius 3 is 2.65 bits per heavy atom. The van der Waals surface area contributed by atoms with Crippen molar-refractivity contribution in [1.82, 2.24) is 9.94 Å². The Morgan fingerprint density at radius 2 is 2.06 bits per heavy atom. The summed E-state index contributed by atoms with van der Waals surface area (Å²) in [4.78, 5) is 18.6. The average molecular weight is 240 g/mol. The van der Waals surface area contributed by atoms with Crippen LogP contribution in [0.1, 0.15) is 48.4 Å². The molecule has 1 heterocycles. The van der Waals surface area contributed by atoms with Crippen molar-refractivity contribution in [3.8, 4) is 0 Å². The topological polar surface area (TPSA) is 53.4 Å². The number of hydrogen-bond acceptors (Lipinski definition) is 4. The van der Waals surface area contributed by atoms with E-state index < -0.39 is 0 Å². The molecule has 0 unspecified atom stereocenters. The summed E-state index contributed by atoms with van der Waals surface area (Å²) in [7, 11) is 0. The van der Waals surface area contributed by atoms with Crippen molar-refractivity contribution in [2.24, 2.45) is 0 Å². The Bertz CT molecular complexity index is 385. The van der Waals surface area contributed by atoms with Crippen LogP contribution in [0.5, 0.6) is 0 Å². The van der Waals surface area contributed by atoms with Crippen LogP contribution in [0.3, 0.4) is 0 Å². The van der Waals surface area contributed by atoms with E-state index in [1.165, 1.54) is 4.85 Å². The maximum Gasteiger partial charge on any atom is 0.342 e. The first-order valence-corrected chi connectivity index (χ1v) is 5.98. The van der Waals surface area contributed by atoms with Gasteiger partial charge in [0.2, 0.25) is 0 Å². The molecule has 0 aromatic carbocycles. The van der Waals surface area contributed by atoms with Gasteiger partial charge in [0.1, 0.15) is 12.2 Å². The van der Waals surface area contributed by atoms with E-state index in [0.29, 0.717) is 30.2 Å². The van der Waals surface area contributed by atoms with Crippen LogP contribution >= 0.6 is 0 Å². The summed E-state index contributed by atoms with van der Waals surface area (Å²) in [6.07, 6.45) is 2.02. The lowest BCUT2D eigenvalue weighted by Crippen LogP contribution is -2.16. The average Bonchev–Trinajstić information content (AvgIpc) is 2.55. The van der Waals surface area contributed by atoms with Crippen LogP contribution in [0, 0.1) is 13.8 Å². The molecule has 0 aliphatic heterocycles. The molecule has 0 spiro atoms. The summed E-state index contributed by atoms with van der Waals surface area (Å²) >= 11 is 0. The van der Waals surface area contributed by atoms with Crippen LogP contribution < -0.4 is 4.84 Å². The zero-order valence-electron chi connectivity index (χ0n) is 10.9. The number of carbonyl (C=O) groups is 1. The quantitative estimate of drug-likeness (QED) is 0.563. The second-order valence-corrected chi connectivity index (χ2v) is 3.83.